The number of hydrogen-bond acceptors (Lipinski definition) is 2. The molecule has 0 aromatic carbocycles. The summed E-state index contributed by atoms with van der Waals surface area (Å²) in [5, 5.41) is 20.8. The molecule has 0 spiro atoms. The first-order chi connectivity index (χ1) is 6.56. The van der Waals surface area contributed by atoms with Gasteiger partial charge in [-0.1, -0.05) is 34.6 Å². The van der Waals surface area contributed by atoms with E-state index in [1.807, 2.05) is 20.8 Å². The van der Waals surface area contributed by atoms with E-state index >= 15 is 0 Å². The van der Waals surface area contributed by atoms with Crippen molar-refractivity contribution >= 4 is 0 Å². The third-order valence-electron chi connectivity index (χ3n) is 5.17. The first-order valence-corrected chi connectivity index (χ1v) is 5.96. The molecule has 3 atom stereocenters. The van der Waals surface area contributed by atoms with Crippen LogP contribution in [0.3, 0.4) is 0 Å². The highest BCUT2D eigenvalue weighted by atomic mass is 16.3. The molecule has 1 rings (SSSR count). The van der Waals surface area contributed by atoms with Gasteiger partial charge in [0.2, 0.25) is 0 Å². The van der Waals surface area contributed by atoms with Crippen LogP contribution in [0.4, 0.5) is 0 Å². The van der Waals surface area contributed by atoms with E-state index < -0.39 is 17.1 Å². The van der Waals surface area contributed by atoms with Crippen LogP contribution in [-0.2, 0) is 0 Å². The van der Waals surface area contributed by atoms with Gasteiger partial charge in [-0.2, -0.15) is 0 Å². The minimum Gasteiger partial charge on any atom is -0.392 e. The van der Waals surface area contributed by atoms with Gasteiger partial charge in [0.05, 0.1) is 11.7 Å². The van der Waals surface area contributed by atoms with Gasteiger partial charge in [0.25, 0.3) is 0 Å². The van der Waals surface area contributed by atoms with E-state index in [9.17, 15) is 10.2 Å². The summed E-state index contributed by atoms with van der Waals surface area (Å²) in [5.74, 6) is 0.433. The molecule has 1 aliphatic rings. The largest absolute Gasteiger partial charge is 0.392 e. The van der Waals surface area contributed by atoms with Crippen LogP contribution >= 0.6 is 0 Å². The smallest absolute Gasteiger partial charge is 0.0695 e. The topological polar surface area (TPSA) is 40.5 Å². The van der Waals surface area contributed by atoms with Crippen molar-refractivity contribution in [1.82, 2.24) is 0 Å². The Hall–Kier alpha value is -0.0800. The summed E-state index contributed by atoms with van der Waals surface area (Å²) < 4.78 is 0. The van der Waals surface area contributed by atoms with Gasteiger partial charge < -0.3 is 10.2 Å². The highest BCUT2D eigenvalue weighted by molar-refractivity contribution is 5.06. The van der Waals surface area contributed by atoms with E-state index in [1.54, 1.807) is 0 Å². The molecule has 2 nitrogen and oxygen atoms in total. The summed E-state index contributed by atoms with van der Waals surface area (Å²) in [7, 11) is 0. The highest BCUT2D eigenvalue weighted by Gasteiger charge is 2.56. The SMILES string of the molecule is CC(C)C1(C)CCC(C)(O)C(C)(C)C1O. The Balaban J connectivity index is 3.07. The fourth-order valence-electron chi connectivity index (χ4n) is 2.69. The first-order valence-electron chi connectivity index (χ1n) is 5.96. The summed E-state index contributed by atoms with van der Waals surface area (Å²) in [6.45, 7) is 12.2. The molecule has 0 radical (unpaired) electrons. The highest BCUT2D eigenvalue weighted by Crippen LogP contribution is 2.54. The van der Waals surface area contributed by atoms with Crippen LogP contribution in [0, 0.1) is 16.7 Å². The first kappa shape index (κ1) is 13.0. The molecular formula is C13H26O2. The van der Waals surface area contributed by atoms with Crippen molar-refractivity contribution < 1.29 is 10.2 Å². The zero-order valence-electron chi connectivity index (χ0n) is 11.0. The van der Waals surface area contributed by atoms with E-state index in [4.69, 9.17) is 0 Å². The lowest BCUT2D eigenvalue weighted by atomic mass is 9.53. The predicted octanol–water partition coefficient (Wildman–Crippen LogP) is 2.58. The van der Waals surface area contributed by atoms with Crippen LogP contribution in [0.2, 0.25) is 0 Å². The molecule has 0 saturated heterocycles. The minimum atomic E-state index is -0.763. The average molecular weight is 214 g/mol. The molecule has 1 saturated carbocycles. The maximum absolute atomic E-state index is 10.5. The summed E-state index contributed by atoms with van der Waals surface area (Å²) in [6.07, 6.45) is 1.21. The monoisotopic (exact) mass is 214 g/mol. The van der Waals surface area contributed by atoms with Gasteiger partial charge in [0.15, 0.2) is 0 Å². The lowest BCUT2D eigenvalue weighted by molar-refractivity contribution is -0.203. The van der Waals surface area contributed by atoms with Crippen molar-refractivity contribution in [2.75, 3.05) is 0 Å². The Labute approximate surface area is 93.7 Å². The zero-order chi connectivity index (χ0) is 12.1. The Bertz CT molecular complexity index is 238. The predicted molar refractivity (Wildman–Crippen MR) is 62.6 cm³/mol. The normalized spacial score (nSPS) is 45.8. The molecular weight excluding hydrogens is 188 g/mol. The van der Waals surface area contributed by atoms with Crippen molar-refractivity contribution in [2.24, 2.45) is 16.7 Å². The minimum absolute atomic E-state index is 0.0776. The van der Waals surface area contributed by atoms with Gasteiger partial charge in [-0.15, -0.1) is 0 Å². The van der Waals surface area contributed by atoms with E-state index in [-0.39, 0.29) is 5.41 Å². The third kappa shape index (κ3) is 1.72. The number of rotatable bonds is 1. The number of aliphatic hydroxyl groups excluding tert-OH is 1. The van der Waals surface area contributed by atoms with Gasteiger partial charge in [-0.25, -0.2) is 0 Å². The summed E-state index contributed by atoms with van der Waals surface area (Å²) in [5.41, 5.74) is -1.28. The summed E-state index contributed by atoms with van der Waals surface area (Å²) in [6, 6.07) is 0. The van der Waals surface area contributed by atoms with Gasteiger partial charge in [-0.05, 0) is 31.1 Å². The molecule has 0 aliphatic heterocycles. The lowest BCUT2D eigenvalue weighted by Gasteiger charge is -2.57. The van der Waals surface area contributed by atoms with Crippen LogP contribution in [-0.4, -0.2) is 21.9 Å². The van der Waals surface area contributed by atoms with Crippen molar-refractivity contribution in [3.63, 3.8) is 0 Å². The Morgan fingerprint density at radius 2 is 1.53 bits per heavy atom. The van der Waals surface area contributed by atoms with Crippen molar-refractivity contribution in [1.29, 1.82) is 0 Å². The van der Waals surface area contributed by atoms with Crippen molar-refractivity contribution in [3.8, 4) is 0 Å². The standard InChI is InChI=1S/C13H26O2/c1-9(2)12(5)7-8-13(6,15)11(3,4)10(12)14/h9-10,14-15H,7-8H2,1-6H3. The fourth-order valence-corrected chi connectivity index (χ4v) is 2.69. The maximum atomic E-state index is 10.5. The Morgan fingerprint density at radius 3 is 1.93 bits per heavy atom. The Morgan fingerprint density at radius 1 is 1.07 bits per heavy atom. The molecule has 0 aromatic heterocycles. The molecule has 0 aromatic rings. The lowest BCUT2D eigenvalue weighted by Crippen LogP contribution is -2.60. The van der Waals surface area contributed by atoms with Crippen LogP contribution in [0.25, 0.3) is 0 Å². The van der Waals surface area contributed by atoms with Crippen molar-refractivity contribution in [2.45, 2.75) is 66.1 Å². The summed E-state index contributed by atoms with van der Waals surface area (Å²) >= 11 is 0. The van der Waals surface area contributed by atoms with Crippen molar-refractivity contribution in [3.05, 3.63) is 0 Å². The average Bonchev–Trinajstić information content (AvgIpc) is 2.10. The molecule has 90 valence electrons. The Kier molecular flexibility index (Phi) is 2.99. The molecule has 0 amide bonds. The molecule has 3 unspecified atom stereocenters. The second kappa shape index (κ2) is 3.46. The molecule has 0 heterocycles. The molecule has 1 fully saturated rings. The zero-order valence-corrected chi connectivity index (χ0v) is 11.0. The van der Waals surface area contributed by atoms with E-state index in [2.05, 4.69) is 20.8 Å². The van der Waals surface area contributed by atoms with E-state index in [0.29, 0.717) is 5.92 Å². The summed E-state index contributed by atoms with van der Waals surface area (Å²) in [4.78, 5) is 0. The second-order valence-corrected chi connectivity index (χ2v) is 6.56. The third-order valence-corrected chi connectivity index (χ3v) is 5.17. The van der Waals surface area contributed by atoms with E-state index in [0.717, 1.165) is 12.8 Å². The number of aliphatic hydroxyl groups is 2. The maximum Gasteiger partial charge on any atom is 0.0695 e. The van der Waals surface area contributed by atoms with Crippen LogP contribution in [0.15, 0.2) is 0 Å². The van der Waals surface area contributed by atoms with Gasteiger partial charge >= 0.3 is 0 Å². The molecule has 2 N–H and O–H groups in total. The molecule has 1 aliphatic carbocycles. The van der Waals surface area contributed by atoms with Gasteiger partial charge in [0, 0.05) is 5.41 Å². The molecule has 0 bridgehead atoms. The molecule has 2 heteroatoms. The van der Waals surface area contributed by atoms with E-state index in [1.165, 1.54) is 0 Å². The van der Waals surface area contributed by atoms with Gasteiger partial charge in [-0.3, -0.25) is 0 Å². The molecule has 15 heavy (non-hydrogen) atoms. The van der Waals surface area contributed by atoms with Gasteiger partial charge in [0.1, 0.15) is 0 Å². The fraction of sp³-hybridized carbons (Fsp3) is 1.00. The quantitative estimate of drug-likeness (QED) is 0.704. The second-order valence-electron chi connectivity index (χ2n) is 6.56. The van der Waals surface area contributed by atoms with Crippen LogP contribution < -0.4 is 0 Å². The van der Waals surface area contributed by atoms with Crippen LogP contribution in [0.5, 0.6) is 0 Å². The van der Waals surface area contributed by atoms with Crippen LogP contribution in [0.1, 0.15) is 54.4 Å². The number of hydrogen-bond donors (Lipinski definition) is 2.